The molecule has 2 aromatic carbocycles. The third-order valence-corrected chi connectivity index (χ3v) is 6.35. The molecule has 2 aromatic heterocycles. The van der Waals surface area contributed by atoms with Gasteiger partial charge in [-0.1, -0.05) is 35.9 Å². The number of hydrogen-bond donors (Lipinski definition) is 0. The summed E-state index contributed by atoms with van der Waals surface area (Å²) in [4.78, 5) is 45.1. The van der Waals surface area contributed by atoms with Crippen LogP contribution in [0.15, 0.2) is 71.3 Å². The lowest BCUT2D eigenvalue weighted by molar-refractivity contribution is -0.141. The Bertz CT molecular complexity index is 1540. The molecule has 0 N–H and O–H groups in total. The first kappa shape index (κ1) is 26.8. The molecule has 0 aliphatic carbocycles. The summed E-state index contributed by atoms with van der Waals surface area (Å²) < 4.78 is 16.1. The van der Waals surface area contributed by atoms with Gasteiger partial charge in [-0.25, -0.2) is 0 Å². The molecule has 0 atom stereocenters. The van der Waals surface area contributed by atoms with Crippen LogP contribution in [-0.2, 0) is 27.4 Å². The van der Waals surface area contributed by atoms with Crippen molar-refractivity contribution in [1.29, 1.82) is 0 Å². The summed E-state index contributed by atoms with van der Waals surface area (Å²) in [6.45, 7) is 1.63. The number of carbonyl (C=O) groups excluding carboxylic acids is 3. The minimum Gasteiger partial charge on any atom is -0.490 e. The van der Waals surface area contributed by atoms with Gasteiger partial charge in [0.15, 0.2) is 0 Å². The zero-order valence-electron chi connectivity index (χ0n) is 21.4. The van der Waals surface area contributed by atoms with Gasteiger partial charge >= 0.3 is 5.97 Å². The molecule has 40 heavy (non-hydrogen) atoms. The van der Waals surface area contributed by atoms with Crippen molar-refractivity contribution in [2.24, 2.45) is 0 Å². The predicted octanol–water partition coefficient (Wildman–Crippen LogP) is 3.92. The molecule has 4 aromatic rings. The Labute approximate surface area is 234 Å². The van der Waals surface area contributed by atoms with Crippen LogP contribution >= 0.6 is 11.6 Å². The summed E-state index contributed by atoms with van der Waals surface area (Å²) in [5.74, 6) is -0.225. The van der Waals surface area contributed by atoms with Gasteiger partial charge < -0.3 is 18.8 Å². The molecule has 12 heteroatoms. The van der Waals surface area contributed by atoms with Crippen LogP contribution < -0.4 is 9.64 Å². The van der Waals surface area contributed by atoms with Gasteiger partial charge in [-0.05, 0) is 42.0 Å². The molecule has 1 aliphatic rings. The first-order valence-corrected chi connectivity index (χ1v) is 12.7. The van der Waals surface area contributed by atoms with Gasteiger partial charge in [-0.15, -0.1) is 10.2 Å². The van der Waals surface area contributed by atoms with Gasteiger partial charge in [-0.2, -0.15) is 0 Å². The average molecular weight is 562 g/mol. The molecule has 3 heterocycles. The van der Waals surface area contributed by atoms with E-state index in [1.54, 1.807) is 47.5 Å². The Kier molecular flexibility index (Phi) is 8.02. The van der Waals surface area contributed by atoms with Gasteiger partial charge in [0.2, 0.25) is 11.8 Å². The summed E-state index contributed by atoms with van der Waals surface area (Å²) in [5.41, 5.74) is 2.11. The summed E-state index contributed by atoms with van der Waals surface area (Å²) in [6, 6.07) is 17.3. The molecule has 0 saturated carbocycles. The number of aromatic nitrogens is 3. The SMILES string of the molecule is CC(=O)OCCOc1ccc(C(=O)N2CC(=O)N(Cc3nnc(-c4ccccn4)o3)Cc3ccccc32)c(Cl)c1. The van der Waals surface area contributed by atoms with Gasteiger partial charge in [0, 0.05) is 25.4 Å². The molecule has 0 bridgehead atoms. The fourth-order valence-corrected chi connectivity index (χ4v) is 4.42. The second kappa shape index (κ2) is 12.0. The van der Waals surface area contributed by atoms with Crippen LogP contribution in [0.2, 0.25) is 5.02 Å². The Morgan fingerprint density at radius 1 is 1.02 bits per heavy atom. The molecular weight excluding hydrogens is 538 g/mol. The van der Waals surface area contributed by atoms with Crippen LogP contribution in [0.4, 0.5) is 5.69 Å². The topological polar surface area (TPSA) is 128 Å². The molecule has 2 amide bonds. The normalized spacial score (nSPS) is 13.0. The van der Waals surface area contributed by atoms with Crippen molar-refractivity contribution in [2.45, 2.75) is 20.0 Å². The Morgan fingerprint density at radius 2 is 1.85 bits per heavy atom. The molecule has 204 valence electrons. The standard InChI is InChI=1S/C28H24ClN5O6/c1-18(35)38-12-13-39-20-9-10-21(22(29)14-20)28(37)34-17-26(36)33(15-19-6-2-3-8-24(19)34)16-25-31-32-27(40-25)23-7-4-5-11-30-23/h2-11,14H,12-13,15-17H2,1H3. The van der Waals surface area contributed by atoms with E-state index in [4.69, 9.17) is 25.5 Å². The fourth-order valence-electron chi connectivity index (χ4n) is 4.17. The monoisotopic (exact) mass is 561 g/mol. The number of ether oxygens (including phenoxy) is 2. The van der Waals surface area contributed by atoms with E-state index in [-0.39, 0.29) is 61.1 Å². The quantitative estimate of drug-likeness (QED) is 0.232. The number of halogens is 1. The minimum absolute atomic E-state index is 0.0646. The lowest BCUT2D eigenvalue weighted by Gasteiger charge is -2.23. The maximum atomic E-state index is 13.7. The number of pyridine rings is 1. The highest BCUT2D eigenvalue weighted by molar-refractivity contribution is 6.34. The fraction of sp³-hybridized carbons (Fsp3) is 0.214. The Morgan fingerprint density at radius 3 is 2.62 bits per heavy atom. The molecule has 0 radical (unpaired) electrons. The maximum absolute atomic E-state index is 13.7. The highest BCUT2D eigenvalue weighted by Gasteiger charge is 2.31. The van der Waals surface area contributed by atoms with Crippen LogP contribution in [0, 0.1) is 0 Å². The maximum Gasteiger partial charge on any atom is 0.302 e. The van der Waals surface area contributed by atoms with E-state index in [0.29, 0.717) is 17.1 Å². The molecule has 0 saturated heterocycles. The number of benzene rings is 2. The number of para-hydroxylation sites is 1. The van der Waals surface area contributed by atoms with Crippen LogP contribution in [0.1, 0.15) is 28.7 Å². The van der Waals surface area contributed by atoms with Gasteiger partial charge in [-0.3, -0.25) is 24.3 Å². The summed E-state index contributed by atoms with van der Waals surface area (Å²) in [5, 5.41) is 8.29. The summed E-state index contributed by atoms with van der Waals surface area (Å²) in [7, 11) is 0. The Hall–Kier alpha value is -4.77. The number of fused-ring (bicyclic) bond motifs is 1. The number of esters is 1. The first-order chi connectivity index (χ1) is 19.4. The lowest BCUT2D eigenvalue weighted by atomic mass is 10.1. The van der Waals surface area contributed by atoms with E-state index in [1.807, 2.05) is 18.2 Å². The minimum atomic E-state index is -0.436. The third-order valence-electron chi connectivity index (χ3n) is 6.04. The van der Waals surface area contributed by atoms with Crippen molar-refractivity contribution in [1.82, 2.24) is 20.1 Å². The van der Waals surface area contributed by atoms with Crippen molar-refractivity contribution in [3.63, 3.8) is 0 Å². The van der Waals surface area contributed by atoms with Crippen LogP contribution in [-0.4, -0.2) is 57.6 Å². The van der Waals surface area contributed by atoms with E-state index < -0.39 is 11.9 Å². The number of hydrogen-bond acceptors (Lipinski definition) is 9. The van der Waals surface area contributed by atoms with E-state index in [2.05, 4.69) is 15.2 Å². The predicted molar refractivity (Wildman–Crippen MR) is 143 cm³/mol. The second-order valence-corrected chi connectivity index (χ2v) is 9.22. The third kappa shape index (κ3) is 6.10. The van der Waals surface area contributed by atoms with Gasteiger partial charge in [0.25, 0.3) is 11.8 Å². The van der Waals surface area contributed by atoms with Crippen molar-refractivity contribution in [3.8, 4) is 17.3 Å². The number of carbonyl (C=O) groups is 3. The van der Waals surface area contributed by atoms with Crippen LogP contribution in [0.5, 0.6) is 5.75 Å². The van der Waals surface area contributed by atoms with Crippen molar-refractivity contribution < 1.29 is 28.3 Å². The molecular formula is C28H24ClN5O6. The lowest BCUT2D eigenvalue weighted by Crippen LogP contribution is -2.40. The number of nitrogens with zero attached hydrogens (tertiary/aromatic N) is 5. The highest BCUT2D eigenvalue weighted by atomic mass is 35.5. The number of amides is 2. The molecule has 0 fully saturated rings. The zero-order valence-corrected chi connectivity index (χ0v) is 22.2. The number of rotatable bonds is 8. The van der Waals surface area contributed by atoms with Crippen LogP contribution in [0.25, 0.3) is 11.6 Å². The Balaban J connectivity index is 1.33. The van der Waals surface area contributed by atoms with E-state index in [1.165, 1.54) is 17.9 Å². The van der Waals surface area contributed by atoms with E-state index in [0.717, 1.165) is 5.56 Å². The highest BCUT2D eigenvalue weighted by Crippen LogP contribution is 2.30. The summed E-state index contributed by atoms with van der Waals surface area (Å²) in [6.07, 6.45) is 1.62. The van der Waals surface area contributed by atoms with Gasteiger partial charge in [0.1, 0.15) is 31.2 Å². The first-order valence-electron chi connectivity index (χ1n) is 12.4. The molecule has 5 rings (SSSR count). The zero-order chi connectivity index (χ0) is 28.1. The number of anilines is 1. The second-order valence-electron chi connectivity index (χ2n) is 8.82. The van der Waals surface area contributed by atoms with Crippen molar-refractivity contribution in [3.05, 3.63) is 88.9 Å². The molecule has 0 spiro atoms. The molecule has 0 unspecified atom stereocenters. The van der Waals surface area contributed by atoms with E-state index >= 15 is 0 Å². The van der Waals surface area contributed by atoms with E-state index in [9.17, 15) is 14.4 Å². The average Bonchev–Trinajstić information content (AvgIpc) is 3.37. The van der Waals surface area contributed by atoms with Crippen molar-refractivity contribution in [2.75, 3.05) is 24.7 Å². The molecule has 1 aliphatic heterocycles. The van der Waals surface area contributed by atoms with Crippen LogP contribution in [0.3, 0.4) is 0 Å². The largest absolute Gasteiger partial charge is 0.490 e. The van der Waals surface area contributed by atoms with Crippen molar-refractivity contribution >= 4 is 35.1 Å². The molecule has 11 nitrogen and oxygen atoms in total. The summed E-state index contributed by atoms with van der Waals surface area (Å²) >= 11 is 6.46. The van der Waals surface area contributed by atoms with Gasteiger partial charge in [0.05, 0.1) is 17.1 Å². The smallest absolute Gasteiger partial charge is 0.302 e.